The van der Waals surface area contributed by atoms with Crippen LogP contribution in [0.25, 0.3) is 16.6 Å². The van der Waals surface area contributed by atoms with E-state index in [1.807, 2.05) is 12.1 Å². The Hall–Kier alpha value is -2.26. The molecule has 5 rings (SSSR count). The fourth-order valence-corrected chi connectivity index (χ4v) is 3.81. The normalized spacial score (nSPS) is 16.2. The zero-order valence-electron chi connectivity index (χ0n) is 15.8. The van der Waals surface area contributed by atoms with Crippen molar-refractivity contribution in [3.63, 3.8) is 0 Å². The Morgan fingerprint density at radius 2 is 1.73 bits per heavy atom. The van der Waals surface area contributed by atoms with Gasteiger partial charge in [-0.3, -0.25) is 0 Å². The summed E-state index contributed by atoms with van der Waals surface area (Å²) in [6, 6.07) is 17.8. The lowest BCUT2D eigenvalue weighted by atomic mass is 9.91. The van der Waals surface area contributed by atoms with Crippen molar-refractivity contribution in [2.45, 2.75) is 39.2 Å². The monoisotopic (exact) mass is 348 g/mol. The summed E-state index contributed by atoms with van der Waals surface area (Å²) in [6.07, 6.45) is 6.09. The predicted molar refractivity (Wildman–Crippen MR) is 108 cm³/mol. The summed E-state index contributed by atoms with van der Waals surface area (Å²) in [5.74, 6) is 0.966. The van der Waals surface area contributed by atoms with E-state index in [2.05, 4.69) is 65.7 Å². The van der Waals surface area contributed by atoms with Crippen LogP contribution in [0.4, 0.5) is 0 Å². The number of piperidine rings is 1. The molecule has 136 valence electrons. The number of aromatic nitrogens is 1. The van der Waals surface area contributed by atoms with Crippen LogP contribution in [0.3, 0.4) is 0 Å². The van der Waals surface area contributed by atoms with E-state index in [4.69, 9.17) is 4.74 Å². The molecule has 0 unspecified atom stereocenters. The number of hydrogen-bond donors (Lipinski definition) is 0. The van der Waals surface area contributed by atoms with Crippen LogP contribution in [0.1, 0.15) is 31.9 Å². The van der Waals surface area contributed by atoms with Gasteiger partial charge in [-0.15, -0.1) is 0 Å². The molecule has 4 heterocycles. The van der Waals surface area contributed by atoms with E-state index >= 15 is 0 Å². The fourth-order valence-electron chi connectivity index (χ4n) is 3.81. The van der Waals surface area contributed by atoms with E-state index in [9.17, 15) is 0 Å². The molecule has 3 nitrogen and oxygen atoms in total. The maximum atomic E-state index is 5.88. The molecule has 1 aromatic carbocycles. The Morgan fingerprint density at radius 1 is 1.00 bits per heavy atom. The summed E-state index contributed by atoms with van der Waals surface area (Å²) >= 11 is 0. The van der Waals surface area contributed by atoms with Crippen LogP contribution in [0.15, 0.2) is 54.7 Å². The number of para-hydroxylation sites is 1. The lowest BCUT2D eigenvalue weighted by Gasteiger charge is -2.50. The zero-order valence-corrected chi connectivity index (χ0v) is 15.8. The minimum Gasteiger partial charge on any atom is -0.493 e. The van der Waals surface area contributed by atoms with Crippen molar-refractivity contribution in [1.82, 2.24) is 9.30 Å². The van der Waals surface area contributed by atoms with Crippen molar-refractivity contribution < 1.29 is 4.74 Å². The average molecular weight is 348 g/mol. The molecule has 2 aliphatic heterocycles. The van der Waals surface area contributed by atoms with Gasteiger partial charge in [0.25, 0.3) is 0 Å². The largest absolute Gasteiger partial charge is 0.493 e. The van der Waals surface area contributed by atoms with E-state index < -0.39 is 0 Å². The lowest BCUT2D eigenvalue weighted by Crippen LogP contribution is -2.57. The predicted octanol–water partition coefficient (Wildman–Crippen LogP) is 5.17. The second-order valence-corrected chi connectivity index (χ2v) is 7.25. The third kappa shape index (κ3) is 3.24. The molecular weight excluding hydrogens is 320 g/mol. The minimum absolute atomic E-state index is 0.753. The van der Waals surface area contributed by atoms with E-state index in [0.29, 0.717) is 0 Å². The SMILES string of the molecule is C1CN2CCC12.CCCOc1ccccc1-c1cc2ccccn2c1C. The van der Waals surface area contributed by atoms with Crippen molar-refractivity contribution in [2.75, 3.05) is 19.7 Å². The van der Waals surface area contributed by atoms with Gasteiger partial charge < -0.3 is 14.0 Å². The van der Waals surface area contributed by atoms with Crippen LogP contribution in [-0.2, 0) is 0 Å². The van der Waals surface area contributed by atoms with Crippen LogP contribution < -0.4 is 4.74 Å². The van der Waals surface area contributed by atoms with E-state index in [1.165, 1.54) is 48.3 Å². The zero-order chi connectivity index (χ0) is 17.9. The summed E-state index contributed by atoms with van der Waals surface area (Å²) in [6.45, 7) is 7.82. The molecule has 2 aliphatic rings. The summed E-state index contributed by atoms with van der Waals surface area (Å²) < 4.78 is 8.10. The van der Waals surface area contributed by atoms with Crippen molar-refractivity contribution in [2.24, 2.45) is 0 Å². The third-order valence-corrected chi connectivity index (χ3v) is 5.59. The molecule has 0 amide bonds. The van der Waals surface area contributed by atoms with Gasteiger partial charge in [-0.2, -0.15) is 0 Å². The molecule has 0 atom stereocenters. The number of benzene rings is 1. The molecule has 0 spiro atoms. The highest BCUT2D eigenvalue weighted by molar-refractivity contribution is 5.77. The van der Waals surface area contributed by atoms with Crippen LogP contribution in [-0.4, -0.2) is 35.0 Å². The smallest absolute Gasteiger partial charge is 0.127 e. The number of nitrogens with zero attached hydrogens (tertiary/aromatic N) is 2. The molecule has 0 N–H and O–H groups in total. The third-order valence-electron chi connectivity index (χ3n) is 5.59. The van der Waals surface area contributed by atoms with Crippen LogP contribution >= 0.6 is 0 Å². The first-order valence-electron chi connectivity index (χ1n) is 9.81. The van der Waals surface area contributed by atoms with Gasteiger partial charge in [-0.1, -0.05) is 31.2 Å². The summed E-state index contributed by atoms with van der Waals surface area (Å²) in [5.41, 5.74) is 4.86. The Morgan fingerprint density at radius 3 is 2.35 bits per heavy atom. The van der Waals surface area contributed by atoms with E-state index in [0.717, 1.165) is 24.8 Å². The fraction of sp³-hybridized carbons (Fsp3) is 0.391. The number of fused-ring (bicyclic) bond motifs is 2. The van der Waals surface area contributed by atoms with Gasteiger partial charge in [0.1, 0.15) is 5.75 Å². The molecule has 2 aromatic heterocycles. The average Bonchev–Trinajstić information content (AvgIpc) is 3.00. The Balaban J connectivity index is 0.000000233. The molecule has 2 saturated heterocycles. The van der Waals surface area contributed by atoms with Gasteiger partial charge in [-0.25, -0.2) is 0 Å². The minimum atomic E-state index is 0.753. The molecule has 26 heavy (non-hydrogen) atoms. The van der Waals surface area contributed by atoms with Gasteiger partial charge >= 0.3 is 0 Å². The van der Waals surface area contributed by atoms with Gasteiger partial charge in [0.15, 0.2) is 0 Å². The maximum absolute atomic E-state index is 5.88. The second kappa shape index (κ2) is 7.55. The highest BCUT2D eigenvalue weighted by Gasteiger charge is 2.34. The van der Waals surface area contributed by atoms with Crippen molar-refractivity contribution >= 4 is 5.52 Å². The molecule has 0 saturated carbocycles. The van der Waals surface area contributed by atoms with Gasteiger partial charge in [-0.05, 0) is 63.5 Å². The Bertz CT molecular complexity index is 865. The summed E-state index contributed by atoms with van der Waals surface area (Å²) in [4.78, 5) is 2.53. The molecule has 3 heteroatoms. The molecule has 0 radical (unpaired) electrons. The second-order valence-electron chi connectivity index (χ2n) is 7.25. The number of rotatable bonds is 4. The van der Waals surface area contributed by atoms with Crippen LogP contribution in [0.5, 0.6) is 5.75 Å². The highest BCUT2D eigenvalue weighted by Crippen LogP contribution is 2.34. The quantitative estimate of drug-likeness (QED) is 0.647. The van der Waals surface area contributed by atoms with Crippen LogP contribution in [0.2, 0.25) is 0 Å². The first-order chi connectivity index (χ1) is 12.8. The number of ether oxygens (including phenoxy) is 1. The van der Waals surface area contributed by atoms with Gasteiger partial charge in [0.2, 0.25) is 0 Å². The highest BCUT2D eigenvalue weighted by atomic mass is 16.5. The Kier molecular flexibility index (Phi) is 4.98. The summed E-state index contributed by atoms with van der Waals surface area (Å²) in [7, 11) is 0. The first kappa shape index (κ1) is 17.2. The van der Waals surface area contributed by atoms with Crippen LogP contribution in [0, 0.1) is 6.92 Å². The number of pyridine rings is 1. The number of hydrogen-bond acceptors (Lipinski definition) is 2. The van der Waals surface area contributed by atoms with E-state index in [-0.39, 0.29) is 0 Å². The maximum Gasteiger partial charge on any atom is 0.127 e. The van der Waals surface area contributed by atoms with Crippen molar-refractivity contribution in [3.8, 4) is 16.9 Å². The van der Waals surface area contributed by atoms with Crippen molar-refractivity contribution in [1.29, 1.82) is 0 Å². The first-order valence-corrected chi connectivity index (χ1v) is 9.81. The standard InChI is InChI=1S/C18H19NO.C5H9N/c1-3-12-20-18-10-5-4-9-16(18)17-13-15-8-6-7-11-19(15)14(17)2;1-3-6-4-2-5(1)6/h4-11,13H,3,12H2,1-2H3;5H,1-4H2. The number of aryl methyl sites for hydroxylation is 1. The van der Waals surface area contributed by atoms with Crippen molar-refractivity contribution in [3.05, 3.63) is 60.4 Å². The van der Waals surface area contributed by atoms with E-state index in [1.54, 1.807) is 0 Å². The molecule has 2 fully saturated rings. The molecule has 0 bridgehead atoms. The molecular formula is C23H28N2O. The van der Waals surface area contributed by atoms with Gasteiger partial charge in [0.05, 0.1) is 6.61 Å². The Labute approximate surface area is 156 Å². The van der Waals surface area contributed by atoms with Gasteiger partial charge in [0, 0.05) is 34.6 Å². The summed E-state index contributed by atoms with van der Waals surface area (Å²) in [5, 5.41) is 0. The molecule has 0 aliphatic carbocycles. The molecule has 3 aromatic rings. The topological polar surface area (TPSA) is 16.9 Å². The lowest BCUT2D eigenvalue weighted by molar-refractivity contribution is -0.00222.